The van der Waals surface area contributed by atoms with Gasteiger partial charge in [0.05, 0.1) is 4.90 Å². The average Bonchev–Trinajstić information content (AvgIpc) is 2.74. The number of carbonyl (C=O) groups excluding carboxylic acids is 2. The van der Waals surface area contributed by atoms with E-state index in [0.717, 1.165) is 11.1 Å². The molecular formula is C22H25Cl2N3O4S. The van der Waals surface area contributed by atoms with Crippen LogP contribution in [0.5, 0.6) is 0 Å². The molecule has 0 aromatic heterocycles. The van der Waals surface area contributed by atoms with Crippen LogP contribution in [0.15, 0.2) is 41.3 Å². The highest BCUT2D eigenvalue weighted by molar-refractivity contribution is 7.89. The molecule has 0 aliphatic carbocycles. The number of sulfonamides is 1. The Kier molecular flexibility index (Phi) is 7.82. The third-order valence-electron chi connectivity index (χ3n) is 5.45. The molecule has 7 nitrogen and oxygen atoms in total. The predicted octanol–water partition coefficient (Wildman–Crippen LogP) is 3.26. The molecule has 10 heteroatoms. The second kappa shape index (κ2) is 10.2. The molecule has 1 aliphatic rings. The van der Waals surface area contributed by atoms with E-state index < -0.39 is 10.0 Å². The Balaban J connectivity index is 1.49. The van der Waals surface area contributed by atoms with Gasteiger partial charge in [-0.1, -0.05) is 29.3 Å². The molecule has 0 unspecified atom stereocenters. The summed E-state index contributed by atoms with van der Waals surface area (Å²) in [4.78, 5) is 28.6. The highest BCUT2D eigenvalue weighted by atomic mass is 35.5. The van der Waals surface area contributed by atoms with Crippen LogP contribution in [0.3, 0.4) is 0 Å². The maximum Gasteiger partial charge on any atom is 0.254 e. The van der Waals surface area contributed by atoms with Crippen molar-refractivity contribution in [2.75, 3.05) is 32.7 Å². The summed E-state index contributed by atoms with van der Waals surface area (Å²) in [5.41, 5.74) is 2.30. The minimum absolute atomic E-state index is 0.00818. The van der Waals surface area contributed by atoms with Crippen LogP contribution in [0.25, 0.3) is 0 Å². The third-order valence-corrected chi connectivity index (χ3v) is 7.34. The molecule has 0 atom stereocenters. The van der Waals surface area contributed by atoms with Crippen molar-refractivity contribution in [3.63, 3.8) is 0 Å². The zero-order chi connectivity index (χ0) is 23.5. The largest absolute Gasteiger partial charge is 0.339 e. The molecule has 1 fully saturated rings. The molecule has 1 heterocycles. The van der Waals surface area contributed by atoms with Crippen molar-refractivity contribution in [3.05, 3.63) is 63.1 Å². The number of amides is 2. The van der Waals surface area contributed by atoms with Crippen LogP contribution in [-0.2, 0) is 14.8 Å². The molecule has 0 radical (unpaired) electrons. The molecule has 0 bridgehead atoms. The molecule has 0 spiro atoms. The molecule has 1 saturated heterocycles. The van der Waals surface area contributed by atoms with Gasteiger partial charge in [0, 0.05) is 54.8 Å². The van der Waals surface area contributed by atoms with E-state index in [9.17, 15) is 18.0 Å². The Hall–Kier alpha value is -2.13. The number of halogens is 2. The number of aryl methyl sites for hydroxylation is 2. The van der Waals surface area contributed by atoms with Crippen LogP contribution < -0.4 is 4.72 Å². The molecule has 0 saturated carbocycles. The fourth-order valence-electron chi connectivity index (χ4n) is 3.43. The van der Waals surface area contributed by atoms with Crippen LogP contribution in [-0.4, -0.2) is 62.8 Å². The molecule has 172 valence electrons. The molecule has 2 aromatic carbocycles. The maximum atomic E-state index is 12.7. The average molecular weight is 498 g/mol. The van der Waals surface area contributed by atoms with Crippen LogP contribution in [0.2, 0.25) is 10.0 Å². The number of hydrogen-bond acceptors (Lipinski definition) is 4. The highest BCUT2D eigenvalue weighted by Gasteiger charge is 2.25. The monoisotopic (exact) mass is 497 g/mol. The van der Waals surface area contributed by atoms with E-state index in [0.29, 0.717) is 41.8 Å². The topological polar surface area (TPSA) is 86.8 Å². The summed E-state index contributed by atoms with van der Waals surface area (Å²) in [5, 5.41) is 0.774. The smallest absolute Gasteiger partial charge is 0.254 e. The first-order valence-electron chi connectivity index (χ1n) is 10.2. The summed E-state index contributed by atoms with van der Waals surface area (Å²) in [6.45, 7) is 5.28. The molecule has 3 rings (SSSR count). The molecule has 2 amide bonds. The Morgan fingerprint density at radius 2 is 1.50 bits per heavy atom. The number of nitrogens with zero attached hydrogens (tertiary/aromatic N) is 2. The summed E-state index contributed by atoms with van der Waals surface area (Å²) in [6, 6.07) is 9.61. The Labute approximate surface area is 198 Å². The van der Waals surface area contributed by atoms with Crippen molar-refractivity contribution in [2.45, 2.75) is 25.2 Å². The van der Waals surface area contributed by atoms with Crippen LogP contribution in [0, 0.1) is 13.8 Å². The zero-order valence-electron chi connectivity index (χ0n) is 17.9. The summed E-state index contributed by atoms with van der Waals surface area (Å²) in [6.07, 6.45) is 0.0436. The normalized spacial score (nSPS) is 14.5. The summed E-state index contributed by atoms with van der Waals surface area (Å²) >= 11 is 12.0. The predicted molar refractivity (Wildman–Crippen MR) is 125 cm³/mol. The highest BCUT2D eigenvalue weighted by Crippen LogP contribution is 2.21. The zero-order valence-corrected chi connectivity index (χ0v) is 20.2. The second-order valence-corrected chi connectivity index (χ2v) is 10.4. The lowest BCUT2D eigenvalue weighted by Crippen LogP contribution is -2.51. The molecule has 32 heavy (non-hydrogen) atoms. The van der Waals surface area contributed by atoms with Crippen LogP contribution in [0.4, 0.5) is 0 Å². The number of benzene rings is 2. The summed E-state index contributed by atoms with van der Waals surface area (Å²) in [7, 11) is -3.68. The first kappa shape index (κ1) is 24.5. The van der Waals surface area contributed by atoms with Crippen molar-refractivity contribution >= 4 is 45.0 Å². The van der Waals surface area contributed by atoms with E-state index in [4.69, 9.17) is 23.2 Å². The summed E-state index contributed by atoms with van der Waals surface area (Å²) < 4.78 is 27.4. The van der Waals surface area contributed by atoms with Crippen molar-refractivity contribution in [1.82, 2.24) is 14.5 Å². The van der Waals surface area contributed by atoms with Crippen molar-refractivity contribution in [2.24, 2.45) is 0 Å². The minimum Gasteiger partial charge on any atom is -0.339 e. The van der Waals surface area contributed by atoms with Gasteiger partial charge in [0.25, 0.3) is 5.91 Å². The fraction of sp³-hybridized carbons (Fsp3) is 0.364. The SMILES string of the molecule is Cc1ccc(S(=O)(=O)NCCC(=O)N2CCN(C(=O)c3cc(Cl)cc(Cl)c3)CC2)cc1C. The number of nitrogens with one attached hydrogen (secondary N) is 1. The van der Waals surface area contributed by atoms with E-state index in [1.807, 2.05) is 13.8 Å². The summed E-state index contributed by atoms with van der Waals surface area (Å²) in [5.74, 6) is -0.353. The van der Waals surface area contributed by atoms with Gasteiger partial charge >= 0.3 is 0 Å². The van der Waals surface area contributed by atoms with Gasteiger partial charge < -0.3 is 9.80 Å². The quantitative estimate of drug-likeness (QED) is 0.663. The van der Waals surface area contributed by atoms with Gasteiger partial charge in [-0.25, -0.2) is 13.1 Å². The Morgan fingerprint density at radius 1 is 0.906 bits per heavy atom. The van der Waals surface area contributed by atoms with Gasteiger partial charge in [-0.15, -0.1) is 0 Å². The van der Waals surface area contributed by atoms with Crippen LogP contribution in [0.1, 0.15) is 27.9 Å². The number of carbonyl (C=O) groups is 2. The lowest BCUT2D eigenvalue weighted by atomic mass is 10.1. The number of rotatable bonds is 6. The van der Waals surface area contributed by atoms with Gasteiger partial charge in [-0.05, 0) is 55.3 Å². The maximum absolute atomic E-state index is 12.7. The lowest BCUT2D eigenvalue weighted by molar-refractivity contribution is -0.132. The van der Waals surface area contributed by atoms with Gasteiger partial charge in [0.1, 0.15) is 0 Å². The van der Waals surface area contributed by atoms with E-state index in [1.165, 1.54) is 0 Å². The minimum atomic E-state index is -3.68. The van der Waals surface area contributed by atoms with Gasteiger partial charge in [0.15, 0.2) is 0 Å². The first-order chi connectivity index (χ1) is 15.1. The van der Waals surface area contributed by atoms with E-state index in [-0.39, 0.29) is 29.7 Å². The van der Waals surface area contributed by atoms with Crippen molar-refractivity contribution in [1.29, 1.82) is 0 Å². The number of piperazine rings is 1. The molecule has 1 aliphatic heterocycles. The molecular weight excluding hydrogens is 473 g/mol. The fourth-order valence-corrected chi connectivity index (χ4v) is 5.08. The van der Waals surface area contributed by atoms with Gasteiger partial charge in [-0.3, -0.25) is 9.59 Å². The second-order valence-electron chi connectivity index (χ2n) is 7.72. The van der Waals surface area contributed by atoms with E-state index in [1.54, 1.807) is 46.2 Å². The van der Waals surface area contributed by atoms with E-state index in [2.05, 4.69) is 4.72 Å². The standard InChI is InChI=1S/C22H25Cl2N3O4S/c1-15-3-4-20(11-16(15)2)32(30,31)25-6-5-21(28)26-7-9-27(10-8-26)22(29)17-12-18(23)14-19(24)13-17/h3-4,11-14,25H,5-10H2,1-2H3. The van der Waals surface area contributed by atoms with E-state index >= 15 is 0 Å². The molecule has 1 N–H and O–H groups in total. The lowest BCUT2D eigenvalue weighted by Gasteiger charge is -2.35. The van der Waals surface area contributed by atoms with Crippen molar-refractivity contribution < 1.29 is 18.0 Å². The third kappa shape index (κ3) is 6.01. The molecule has 2 aromatic rings. The van der Waals surface area contributed by atoms with Gasteiger partial charge in [-0.2, -0.15) is 0 Å². The van der Waals surface area contributed by atoms with Crippen LogP contribution >= 0.6 is 23.2 Å². The Morgan fingerprint density at radius 3 is 2.09 bits per heavy atom. The first-order valence-corrected chi connectivity index (χ1v) is 12.4. The van der Waals surface area contributed by atoms with Crippen molar-refractivity contribution in [3.8, 4) is 0 Å². The van der Waals surface area contributed by atoms with Gasteiger partial charge in [0.2, 0.25) is 15.9 Å². The Bertz CT molecular complexity index is 1110. The number of hydrogen-bond donors (Lipinski definition) is 1.